The first-order valence-electron chi connectivity index (χ1n) is 6.40. The lowest BCUT2D eigenvalue weighted by molar-refractivity contribution is 0.0573. The molecular weight excluding hydrogens is 186 g/mol. The smallest absolute Gasteiger partial charge is 0.0468 e. The Morgan fingerprint density at radius 2 is 1.80 bits per heavy atom. The van der Waals surface area contributed by atoms with Gasteiger partial charge in [0.2, 0.25) is 0 Å². The second-order valence-corrected chi connectivity index (χ2v) is 5.29. The highest BCUT2D eigenvalue weighted by Crippen LogP contribution is 2.25. The van der Waals surface area contributed by atoms with Crippen molar-refractivity contribution < 1.29 is 4.74 Å². The zero-order valence-corrected chi connectivity index (χ0v) is 10.8. The molecule has 1 aliphatic heterocycles. The van der Waals surface area contributed by atoms with Gasteiger partial charge in [-0.1, -0.05) is 20.8 Å². The molecule has 0 radical (unpaired) electrons. The van der Waals surface area contributed by atoms with Gasteiger partial charge in [0.05, 0.1) is 0 Å². The lowest BCUT2D eigenvalue weighted by Gasteiger charge is -2.31. The minimum absolute atomic E-state index is 0.674. The highest BCUT2D eigenvalue weighted by molar-refractivity contribution is 4.78. The van der Waals surface area contributed by atoms with Gasteiger partial charge in [0.1, 0.15) is 0 Å². The lowest BCUT2D eigenvalue weighted by Crippen LogP contribution is -2.37. The largest absolute Gasteiger partial charge is 0.381 e. The summed E-state index contributed by atoms with van der Waals surface area (Å²) in [4.78, 5) is 0. The van der Waals surface area contributed by atoms with E-state index in [2.05, 4.69) is 33.1 Å². The summed E-state index contributed by atoms with van der Waals surface area (Å²) in [5.74, 6) is 2.40. The van der Waals surface area contributed by atoms with Gasteiger partial charge in [-0.3, -0.25) is 0 Å². The Kier molecular flexibility index (Phi) is 5.62. The summed E-state index contributed by atoms with van der Waals surface area (Å²) in [6.07, 6.45) is 3.82. The highest BCUT2D eigenvalue weighted by Gasteiger charge is 2.23. The number of rotatable bonds is 5. The third-order valence-electron chi connectivity index (χ3n) is 3.99. The van der Waals surface area contributed by atoms with Crippen LogP contribution in [0.4, 0.5) is 0 Å². The second kappa shape index (κ2) is 6.49. The highest BCUT2D eigenvalue weighted by atomic mass is 16.5. The molecule has 0 spiro atoms. The van der Waals surface area contributed by atoms with Gasteiger partial charge < -0.3 is 10.1 Å². The molecule has 0 aromatic rings. The van der Waals surface area contributed by atoms with Crippen molar-refractivity contribution in [3.63, 3.8) is 0 Å². The van der Waals surface area contributed by atoms with Crippen molar-refractivity contribution in [1.82, 2.24) is 5.32 Å². The molecule has 0 bridgehead atoms. The minimum Gasteiger partial charge on any atom is -0.381 e. The first kappa shape index (κ1) is 13.0. The summed E-state index contributed by atoms with van der Waals surface area (Å²) in [6.45, 7) is 8.94. The predicted octanol–water partition coefficient (Wildman–Crippen LogP) is 2.68. The van der Waals surface area contributed by atoms with Gasteiger partial charge in [0.15, 0.2) is 0 Å². The molecule has 0 aromatic carbocycles. The molecule has 15 heavy (non-hydrogen) atoms. The Labute approximate surface area is 94.8 Å². The molecule has 1 fully saturated rings. The average Bonchev–Trinajstić information content (AvgIpc) is 2.26. The van der Waals surface area contributed by atoms with E-state index in [-0.39, 0.29) is 0 Å². The zero-order valence-electron chi connectivity index (χ0n) is 10.8. The summed E-state index contributed by atoms with van der Waals surface area (Å²) in [5.41, 5.74) is 0. The summed E-state index contributed by atoms with van der Waals surface area (Å²) in [7, 11) is 2.10. The van der Waals surface area contributed by atoms with Crippen molar-refractivity contribution in [3.05, 3.63) is 0 Å². The molecular formula is C13H27NO. The van der Waals surface area contributed by atoms with E-state index in [1.807, 2.05) is 0 Å². The molecule has 1 saturated heterocycles. The standard InChI is InChI=1S/C13H27NO/c1-10(2)11(3)13(14-4)9-12-5-7-15-8-6-12/h10-14H,5-9H2,1-4H3. The molecule has 0 amide bonds. The van der Waals surface area contributed by atoms with Crippen LogP contribution >= 0.6 is 0 Å². The Bertz CT molecular complexity index is 164. The molecule has 2 atom stereocenters. The third-order valence-corrected chi connectivity index (χ3v) is 3.99. The van der Waals surface area contributed by atoms with E-state index in [1.54, 1.807) is 0 Å². The molecule has 0 aliphatic carbocycles. The van der Waals surface area contributed by atoms with Crippen LogP contribution in [0.5, 0.6) is 0 Å². The van der Waals surface area contributed by atoms with Crippen molar-refractivity contribution in [2.24, 2.45) is 17.8 Å². The van der Waals surface area contributed by atoms with Gasteiger partial charge in [-0.25, -0.2) is 0 Å². The van der Waals surface area contributed by atoms with E-state index >= 15 is 0 Å². The van der Waals surface area contributed by atoms with E-state index in [0.717, 1.165) is 31.0 Å². The van der Waals surface area contributed by atoms with Gasteiger partial charge in [0, 0.05) is 19.3 Å². The number of hydrogen-bond acceptors (Lipinski definition) is 2. The van der Waals surface area contributed by atoms with Crippen molar-refractivity contribution in [2.75, 3.05) is 20.3 Å². The first-order chi connectivity index (χ1) is 7.15. The molecule has 2 nitrogen and oxygen atoms in total. The molecule has 2 heteroatoms. The molecule has 1 heterocycles. The molecule has 1 rings (SSSR count). The molecule has 90 valence electrons. The monoisotopic (exact) mass is 213 g/mol. The lowest BCUT2D eigenvalue weighted by atomic mass is 9.82. The van der Waals surface area contributed by atoms with Gasteiger partial charge >= 0.3 is 0 Å². The SMILES string of the molecule is CNC(CC1CCOCC1)C(C)C(C)C. The molecule has 1 aliphatic rings. The van der Waals surface area contributed by atoms with Gasteiger partial charge in [-0.15, -0.1) is 0 Å². The van der Waals surface area contributed by atoms with Gasteiger partial charge in [-0.2, -0.15) is 0 Å². The number of ether oxygens (including phenoxy) is 1. The molecule has 0 saturated carbocycles. The van der Waals surface area contributed by atoms with E-state index in [1.165, 1.54) is 19.3 Å². The summed E-state index contributed by atoms with van der Waals surface area (Å²) < 4.78 is 5.40. The molecule has 2 unspecified atom stereocenters. The van der Waals surface area contributed by atoms with Crippen molar-refractivity contribution in [3.8, 4) is 0 Å². The van der Waals surface area contributed by atoms with Crippen LogP contribution in [-0.4, -0.2) is 26.3 Å². The number of nitrogens with one attached hydrogen (secondary N) is 1. The van der Waals surface area contributed by atoms with Crippen LogP contribution in [0.3, 0.4) is 0 Å². The molecule has 1 N–H and O–H groups in total. The maximum atomic E-state index is 5.40. The summed E-state index contributed by atoms with van der Waals surface area (Å²) >= 11 is 0. The van der Waals surface area contributed by atoms with E-state index < -0.39 is 0 Å². The Morgan fingerprint density at radius 3 is 2.27 bits per heavy atom. The van der Waals surface area contributed by atoms with Crippen LogP contribution in [0.2, 0.25) is 0 Å². The Hall–Kier alpha value is -0.0800. The third kappa shape index (κ3) is 4.12. The fraction of sp³-hybridized carbons (Fsp3) is 1.00. The maximum absolute atomic E-state index is 5.40. The average molecular weight is 213 g/mol. The molecule has 0 aromatic heterocycles. The quantitative estimate of drug-likeness (QED) is 0.758. The van der Waals surface area contributed by atoms with Crippen LogP contribution in [0.1, 0.15) is 40.0 Å². The number of hydrogen-bond donors (Lipinski definition) is 1. The van der Waals surface area contributed by atoms with Crippen LogP contribution in [0, 0.1) is 17.8 Å². The fourth-order valence-electron chi connectivity index (χ4n) is 2.40. The predicted molar refractivity (Wildman–Crippen MR) is 65.0 cm³/mol. The minimum atomic E-state index is 0.674. The topological polar surface area (TPSA) is 21.3 Å². The van der Waals surface area contributed by atoms with E-state index in [4.69, 9.17) is 4.74 Å². The van der Waals surface area contributed by atoms with Gasteiger partial charge in [-0.05, 0) is 44.1 Å². The summed E-state index contributed by atoms with van der Waals surface area (Å²) in [6, 6.07) is 0.674. The van der Waals surface area contributed by atoms with Crippen molar-refractivity contribution in [1.29, 1.82) is 0 Å². The van der Waals surface area contributed by atoms with E-state index in [0.29, 0.717) is 6.04 Å². The van der Waals surface area contributed by atoms with E-state index in [9.17, 15) is 0 Å². The zero-order chi connectivity index (χ0) is 11.3. The Morgan fingerprint density at radius 1 is 1.20 bits per heavy atom. The van der Waals surface area contributed by atoms with Gasteiger partial charge in [0.25, 0.3) is 0 Å². The van der Waals surface area contributed by atoms with Crippen molar-refractivity contribution >= 4 is 0 Å². The van der Waals surface area contributed by atoms with Crippen molar-refractivity contribution in [2.45, 2.75) is 46.1 Å². The van der Waals surface area contributed by atoms with Crippen LogP contribution in [0.15, 0.2) is 0 Å². The maximum Gasteiger partial charge on any atom is 0.0468 e. The second-order valence-electron chi connectivity index (χ2n) is 5.29. The first-order valence-corrected chi connectivity index (χ1v) is 6.40. The van der Waals surface area contributed by atoms with Crippen LogP contribution in [0.25, 0.3) is 0 Å². The Balaban J connectivity index is 2.37. The fourth-order valence-corrected chi connectivity index (χ4v) is 2.40. The van der Waals surface area contributed by atoms with Crippen LogP contribution in [-0.2, 0) is 4.74 Å². The van der Waals surface area contributed by atoms with Crippen LogP contribution < -0.4 is 5.32 Å². The summed E-state index contributed by atoms with van der Waals surface area (Å²) in [5, 5.41) is 3.49. The normalized spacial score (nSPS) is 23.0.